The summed E-state index contributed by atoms with van der Waals surface area (Å²) in [4.78, 5) is 9.04. The van der Waals surface area contributed by atoms with Crippen LogP contribution >= 0.6 is 8.03 Å². The summed E-state index contributed by atoms with van der Waals surface area (Å²) in [5.74, 6) is 0. The Bertz CT molecular complexity index is 32.6. The Hall–Kier alpha value is 0.0200. The van der Waals surface area contributed by atoms with E-state index in [2.05, 4.69) is 0 Å². The molecule has 0 aliphatic rings. The predicted molar refractivity (Wildman–Crippen MR) is 19.5 cm³/mol. The van der Waals surface area contributed by atoms with Crippen LogP contribution in [-0.4, -0.2) is 6.66 Å². The molecule has 32 valence electrons. The highest BCUT2D eigenvalue weighted by molar-refractivity contribution is 7.35. The lowest BCUT2D eigenvalue weighted by Gasteiger charge is -1.60. The van der Waals surface area contributed by atoms with E-state index in [1.807, 2.05) is 0 Å². The zero-order valence-corrected chi connectivity index (χ0v) is 4.16. The van der Waals surface area contributed by atoms with Gasteiger partial charge in [-0.2, -0.15) is 0 Å². The van der Waals surface area contributed by atoms with Gasteiger partial charge in [-0.25, -0.2) is 0 Å². The molecule has 1 unspecified atom stereocenters. The molecule has 0 aromatic rings. The maximum atomic E-state index is 9.04. The second-order valence-electron chi connectivity index (χ2n) is 0.440. The van der Waals surface area contributed by atoms with Gasteiger partial charge in [0.25, 0.3) is 0 Å². The summed E-state index contributed by atoms with van der Waals surface area (Å²) in [6, 6.07) is 0. The second kappa shape index (κ2) is 4.02. The second-order valence-corrected chi connectivity index (χ2v) is 1.32. The Labute approximate surface area is 31.5 Å². The van der Waals surface area contributed by atoms with Gasteiger partial charge in [-0.1, -0.05) is 4.57 Å². The van der Waals surface area contributed by atoms with Crippen molar-refractivity contribution in [3.63, 3.8) is 0 Å². The van der Waals surface area contributed by atoms with E-state index in [4.69, 9.17) is 9.46 Å². The summed E-state index contributed by atoms with van der Waals surface area (Å²) in [6.45, 7) is 1.12. The minimum Gasteiger partial charge on any atom is -0.596 e. The lowest BCUT2D eigenvalue weighted by Crippen LogP contribution is -1.78. The lowest BCUT2D eigenvalue weighted by atomic mass is 12.0. The van der Waals surface area contributed by atoms with Crippen LogP contribution in [0.3, 0.4) is 0 Å². The van der Waals surface area contributed by atoms with Crippen LogP contribution in [0.2, 0.25) is 0 Å². The van der Waals surface area contributed by atoms with E-state index in [0.717, 1.165) is 6.66 Å². The summed E-state index contributed by atoms with van der Waals surface area (Å²) < 4.78 is 9.04. The van der Waals surface area contributed by atoms with E-state index in [9.17, 15) is 0 Å². The Morgan fingerprint density at radius 1 is 1.80 bits per heavy atom. The zero-order valence-electron chi connectivity index (χ0n) is 3.26. The highest BCUT2D eigenvalue weighted by atomic mass is 31.1. The van der Waals surface area contributed by atoms with Crippen molar-refractivity contribution >= 4 is 8.03 Å². The van der Waals surface area contributed by atoms with E-state index >= 15 is 0 Å². The molecule has 0 spiro atoms. The quantitative estimate of drug-likeness (QED) is 0.434. The van der Waals surface area contributed by atoms with Crippen LogP contribution < -0.4 is 11.0 Å². The van der Waals surface area contributed by atoms with Crippen molar-refractivity contribution in [3.8, 4) is 0 Å². The first kappa shape index (κ1) is 8.89. The van der Waals surface area contributed by atoms with Crippen molar-refractivity contribution in [3.05, 3.63) is 0 Å². The Morgan fingerprint density at radius 3 is 1.80 bits per heavy atom. The minimum atomic E-state index is -2.12. The number of quaternary nitrogens is 1. The van der Waals surface area contributed by atoms with Gasteiger partial charge in [-0.3, -0.25) is 0 Å². The third-order valence-electron chi connectivity index (χ3n) is 0. The van der Waals surface area contributed by atoms with E-state index < -0.39 is 8.03 Å². The fourth-order valence-corrected chi connectivity index (χ4v) is 0. The number of hydrogen-bond donors (Lipinski definition) is 1. The molecule has 0 rings (SSSR count). The topological polar surface area (TPSA) is 76.6 Å². The van der Waals surface area contributed by atoms with Crippen molar-refractivity contribution in [1.29, 1.82) is 0 Å². The summed E-state index contributed by atoms with van der Waals surface area (Å²) in [5.41, 5.74) is 0. The molecule has 0 saturated carbocycles. The smallest absolute Gasteiger partial charge is 0.305 e. The molecule has 0 saturated heterocycles. The molecule has 0 fully saturated rings. The Kier molecular flexibility index (Phi) is 7.15. The average molecular weight is 96.0 g/mol. The fraction of sp³-hybridized carbons (Fsp3) is 1.00. The van der Waals surface area contributed by atoms with Crippen LogP contribution in [-0.2, 0) is 4.57 Å². The van der Waals surface area contributed by atoms with E-state index in [1.165, 1.54) is 0 Å². The van der Waals surface area contributed by atoms with Crippen LogP contribution in [0.25, 0.3) is 0 Å². The van der Waals surface area contributed by atoms with Gasteiger partial charge in [0.2, 0.25) is 0 Å². The third-order valence-corrected chi connectivity index (χ3v) is 0. The number of hydrogen-bond acceptors (Lipinski definition) is 2. The molecule has 0 bridgehead atoms. The van der Waals surface area contributed by atoms with Crippen molar-refractivity contribution < 1.29 is 9.46 Å². The Balaban J connectivity index is 0. The monoisotopic (exact) mass is 96.0 g/mol. The first-order chi connectivity index (χ1) is 1.73. The average Bonchev–Trinajstić information content (AvgIpc) is 0.811. The van der Waals surface area contributed by atoms with Gasteiger partial charge in [-0.05, 0) is 0 Å². The van der Waals surface area contributed by atoms with Crippen molar-refractivity contribution in [2.45, 2.75) is 0 Å². The zero-order chi connectivity index (χ0) is 3.58. The first-order valence-electron chi connectivity index (χ1n) is 0.812. The SMILES string of the molecule is C[P+](=O)[O-].[NH4+]. The van der Waals surface area contributed by atoms with Crippen molar-refractivity contribution in [2.75, 3.05) is 6.66 Å². The minimum absolute atomic E-state index is 0. The van der Waals surface area contributed by atoms with Crippen LogP contribution in [0.15, 0.2) is 0 Å². The molecular formula is CH7NO2P+. The molecule has 3 nitrogen and oxygen atoms in total. The van der Waals surface area contributed by atoms with Crippen molar-refractivity contribution in [2.24, 2.45) is 0 Å². The molecule has 4 heteroatoms. The maximum Gasteiger partial charge on any atom is 0.305 e. The third kappa shape index (κ3) is 41000. The fourth-order valence-electron chi connectivity index (χ4n) is 0. The standard InChI is InChI=1S/CH3O2P.H3N/c1-4(2)3;/h1H3;1H3/p+1. The largest absolute Gasteiger partial charge is 0.596 e. The molecule has 0 heterocycles. The van der Waals surface area contributed by atoms with Gasteiger partial charge in [0, 0.05) is 0 Å². The summed E-state index contributed by atoms with van der Waals surface area (Å²) in [7, 11) is -2.12. The lowest BCUT2D eigenvalue weighted by molar-refractivity contribution is -0.162. The van der Waals surface area contributed by atoms with Gasteiger partial charge in [0.05, 0.1) is 0 Å². The first-order valence-corrected chi connectivity index (χ1v) is 2.44. The van der Waals surface area contributed by atoms with Gasteiger partial charge in [0.15, 0.2) is 0 Å². The summed E-state index contributed by atoms with van der Waals surface area (Å²) in [6.07, 6.45) is 0. The summed E-state index contributed by atoms with van der Waals surface area (Å²) in [5, 5.41) is 0. The highest BCUT2D eigenvalue weighted by Gasteiger charge is 1.68. The van der Waals surface area contributed by atoms with Gasteiger partial charge >= 0.3 is 8.03 Å². The van der Waals surface area contributed by atoms with E-state index in [1.54, 1.807) is 0 Å². The molecule has 1 atom stereocenters. The molecule has 0 aliphatic heterocycles. The van der Waals surface area contributed by atoms with Crippen LogP contribution in [0.4, 0.5) is 0 Å². The molecule has 5 heavy (non-hydrogen) atoms. The van der Waals surface area contributed by atoms with Gasteiger partial charge in [-0.15, -0.1) is 0 Å². The van der Waals surface area contributed by atoms with Crippen molar-refractivity contribution in [1.82, 2.24) is 6.15 Å². The van der Waals surface area contributed by atoms with E-state index in [-0.39, 0.29) is 6.15 Å². The van der Waals surface area contributed by atoms with Crippen LogP contribution in [0.1, 0.15) is 0 Å². The predicted octanol–water partition coefficient (Wildman–Crippen LogP) is 0.0951. The summed E-state index contributed by atoms with van der Waals surface area (Å²) >= 11 is 0. The molecule has 4 N–H and O–H groups in total. The number of rotatable bonds is 0. The molecule has 0 aromatic heterocycles. The molecule has 0 radical (unpaired) electrons. The maximum absolute atomic E-state index is 9.04. The Morgan fingerprint density at radius 2 is 1.80 bits per heavy atom. The molecule has 0 aliphatic carbocycles. The molecule has 0 amide bonds. The highest BCUT2D eigenvalue weighted by Crippen LogP contribution is 1.91. The van der Waals surface area contributed by atoms with Crippen LogP contribution in [0, 0.1) is 0 Å². The van der Waals surface area contributed by atoms with E-state index in [0.29, 0.717) is 0 Å². The van der Waals surface area contributed by atoms with Gasteiger partial charge in [0.1, 0.15) is 6.66 Å². The van der Waals surface area contributed by atoms with Gasteiger partial charge < -0.3 is 11.0 Å². The normalized spacial score (nSPS) is 8.80. The molecule has 0 aromatic carbocycles. The molecular weight excluding hydrogens is 89.0 g/mol. The van der Waals surface area contributed by atoms with Crippen LogP contribution in [0.5, 0.6) is 0 Å².